The summed E-state index contributed by atoms with van der Waals surface area (Å²) in [5.74, 6) is -1.63. The van der Waals surface area contributed by atoms with E-state index >= 15 is 0 Å². The Morgan fingerprint density at radius 1 is 1.45 bits per heavy atom. The van der Waals surface area contributed by atoms with E-state index in [1.165, 1.54) is 30.3 Å². The molecule has 1 aliphatic heterocycles. The predicted molar refractivity (Wildman–Crippen MR) is 81.2 cm³/mol. The average Bonchev–Trinajstić information content (AvgIpc) is 2.69. The topological polar surface area (TPSA) is 123 Å². The molecular weight excluding hydrogens is 310 g/mol. The minimum Gasteiger partial charge on any atom is -0.508 e. The molecule has 0 radical (unpaired) electrons. The number of aliphatic carboxylic acids is 1. The van der Waals surface area contributed by atoms with Crippen molar-refractivity contribution in [2.24, 2.45) is 10.2 Å². The van der Waals surface area contributed by atoms with Crippen LogP contribution in [0, 0.1) is 0 Å². The van der Waals surface area contributed by atoms with Gasteiger partial charge in [0.15, 0.2) is 5.17 Å². The van der Waals surface area contributed by atoms with Gasteiger partial charge >= 0.3 is 5.97 Å². The molecule has 116 valence electrons. The second-order valence-electron chi connectivity index (χ2n) is 4.47. The van der Waals surface area contributed by atoms with Crippen molar-refractivity contribution in [1.82, 2.24) is 4.90 Å². The van der Waals surface area contributed by atoms with E-state index in [4.69, 9.17) is 5.11 Å². The van der Waals surface area contributed by atoms with Gasteiger partial charge in [0.2, 0.25) is 5.91 Å². The molecular formula is C13H13N3O5S. The number of aromatic hydroxyl groups is 2. The normalized spacial score (nSPS) is 20.2. The van der Waals surface area contributed by atoms with Gasteiger partial charge in [0, 0.05) is 18.7 Å². The first-order valence-electron chi connectivity index (χ1n) is 6.17. The summed E-state index contributed by atoms with van der Waals surface area (Å²) in [6.45, 7) is 0. The number of phenolic OH excluding ortho intramolecular Hbond substituents is 2. The first-order chi connectivity index (χ1) is 10.4. The van der Waals surface area contributed by atoms with Crippen LogP contribution in [-0.2, 0) is 9.59 Å². The molecule has 1 heterocycles. The van der Waals surface area contributed by atoms with Crippen molar-refractivity contribution >= 4 is 35.0 Å². The van der Waals surface area contributed by atoms with Crippen LogP contribution in [0.25, 0.3) is 0 Å². The number of phenols is 2. The van der Waals surface area contributed by atoms with Crippen LogP contribution < -0.4 is 0 Å². The van der Waals surface area contributed by atoms with Gasteiger partial charge in [-0.1, -0.05) is 11.8 Å². The maximum atomic E-state index is 11.8. The smallest absolute Gasteiger partial charge is 0.305 e. The van der Waals surface area contributed by atoms with Crippen molar-refractivity contribution in [2.75, 3.05) is 7.05 Å². The fraction of sp³-hybridized carbons (Fsp3) is 0.231. The van der Waals surface area contributed by atoms with Gasteiger partial charge in [-0.15, -0.1) is 5.10 Å². The zero-order valence-electron chi connectivity index (χ0n) is 11.5. The van der Waals surface area contributed by atoms with Crippen molar-refractivity contribution in [2.45, 2.75) is 11.7 Å². The summed E-state index contributed by atoms with van der Waals surface area (Å²) in [6, 6.07) is 4.01. The molecule has 0 aliphatic carbocycles. The van der Waals surface area contributed by atoms with E-state index in [-0.39, 0.29) is 29.0 Å². The molecule has 1 aromatic carbocycles. The molecule has 0 spiro atoms. The lowest BCUT2D eigenvalue weighted by atomic mass is 10.2. The van der Waals surface area contributed by atoms with Gasteiger partial charge < -0.3 is 15.3 Å². The van der Waals surface area contributed by atoms with E-state index in [9.17, 15) is 19.8 Å². The van der Waals surface area contributed by atoms with Crippen LogP contribution >= 0.6 is 11.8 Å². The SMILES string of the molecule is CN1C(=O)[C@@H](CC(=O)O)S/C1=N/N=C\c1ccc(O)cc1O. The molecule has 1 saturated heterocycles. The molecule has 0 bridgehead atoms. The van der Waals surface area contributed by atoms with Crippen molar-refractivity contribution in [1.29, 1.82) is 0 Å². The molecule has 1 amide bonds. The Kier molecular flexibility index (Phi) is 4.66. The van der Waals surface area contributed by atoms with Crippen LogP contribution in [-0.4, -0.2) is 55.8 Å². The lowest BCUT2D eigenvalue weighted by molar-refractivity contribution is -0.139. The molecule has 0 unspecified atom stereocenters. The monoisotopic (exact) mass is 323 g/mol. The molecule has 3 N–H and O–H groups in total. The van der Waals surface area contributed by atoms with E-state index in [1.807, 2.05) is 0 Å². The number of nitrogens with zero attached hydrogens (tertiary/aromatic N) is 3. The largest absolute Gasteiger partial charge is 0.508 e. The third kappa shape index (κ3) is 3.55. The van der Waals surface area contributed by atoms with Crippen molar-refractivity contribution < 1.29 is 24.9 Å². The van der Waals surface area contributed by atoms with Crippen molar-refractivity contribution in [3.8, 4) is 11.5 Å². The molecule has 0 saturated carbocycles. The number of benzene rings is 1. The zero-order chi connectivity index (χ0) is 16.3. The molecule has 2 rings (SSSR count). The molecule has 22 heavy (non-hydrogen) atoms. The standard InChI is InChI=1S/C13H13N3O5S/c1-16-12(21)10(5-11(19)20)22-13(16)15-14-6-7-2-3-8(17)4-9(7)18/h2-4,6,10,17-18H,5H2,1H3,(H,19,20)/b14-6-,15-13+/t10-/m1/s1. The summed E-state index contributed by atoms with van der Waals surface area (Å²) in [4.78, 5) is 23.7. The van der Waals surface area contributed by atoms with Gasteiger partial charge in [-0.3, -0.25) is 14.5 Å². The molecule has 1 fully saturated rings. The Labute approximate surface area is 129 Å². The Hall–Kier alpha value is -2.55. The summed E-state index contributed by atoms with van der Waals surface area (Å²) in [6.07, 6.45) is 0.987. The van der Waals surface area contributed by atoms with Gasteiger partial charge in [-0.25, -0.2) is 0 Å². The number of hydrogen-bond acceptors (Lipinski definition) is 7. The van der Waals surface area contributed by atoms with E-state index in [2.05, 4.69) is 10.2 Å². The summed E-state index contributed by atoms with van der Waals surface area (Å²) >= 11 is 1.03. The maximum absolute atomic E-state index is 11.8. The highest BCUT2D eigenvalue weighted by Crippen LogP contribution is 2.28. The average molecular weight is 323 g/mol. The van der Waals surface area contributed by atoms with Gasteiger partial charge in [-0.2, -0.15) is 5.10 Å². The number of carbonyl (C=O) groups is 2. The van der Waals surface area contributed by atoms with Crippen molar-refractivity contribution in [3.63, 3.8) is 0 Å². The number of rotatable bonds is 4. The second kappa shape index (κ2) is 6.48. The predicted octanol–water partition coefficient (Wildman–Crippen LogP) is 0.836. The number of thioether (sulfide) groups is 1. The molecule has 8 nitrogen and oxygen atoms in total. The van der Waals surface area contributed by atoms with E-state index in [0.717, 1.165) is 17.8 Å². The number of amidine groups is 1. The van der Waals surface area contributed by atoms with Crippen molar-refractivity contribution in [3.05, 3.63) is 23.8 Å². The highest BCUT2D eigenvalue weighted by Gasteiger charge is 2.37. The maximum Gasteiger partial charge on any atom is 0.305 e. The minimum atomic E-state index is -1.06. The summed E-state index contributed by atoms with van der Waals surface area (Å²) in [7, 11) is 1.49. The number of amides is 1. The summed E-state index contributed by atoms with van der Waals surface area (Å²) < 4.78 is 0. The molecule has 1 atom stereocenters. The van der Waals surface area contributed by atoms with Crippen LogP contribution in [0.5, 0.6) is 11.5 Å². The highest BCUT2D eigenvalue weighted by atomic mass is 32.2. The molecule has 0 aromatic heterocycles. The fourth-order valence-electron chi connectivity index (χ4n) is 1.73. The first-order valence-corrected chi connectivity index (χ1v) is 7.05. The quantitative estimate of drug-likeness (QED) is 0.557. The first kappa shape index (κ1) is 15.8. The Bertz CT molecular complexity index is 674. The third-order valence-corrected chi connectivity index (χ3v) is 4.07. The van der Waals surface area contributed by atoms with Crippen LogP contribution in [0.4, 0.5) is 0 Å². The lowest BCUT2D eigenvalue weighted by Crippen LogP contribution is -2.28. The third-order valence-electron chi connectivity index (χ3n) is 2.85. The van der Waals surface area contributed by atoms with Gasteiger partial charge in [-0.05, 0) is 12.1 Å². The van der Waals surface area contributed by atoms with Gasteiger partial charge in [0.05, 0.1) is 12.6 Å². The fourth-order valence-corrected chi connectivity index (χ4v) is 2.81. The van der Waals surface area contributed by atoms with Gasteiger partial charge in [0.1, 0.15) is 16.7 Å². The molecule has 1 aliphatic rings. The minimum absolute atomic E-state index is 0.0749. The van der Waals surface area contributed by atoms with Crippen LogP contribution in [0.3, 0.4) is 0 Å². The number of carboxylic acids is 1. The Morgan fingerprint density at radius 3 is 2.82 bits per heavy atom. The lowest BCUT2D eigenvalue weighted by Gasteiger charge is -2.06. The zero-order valence-corrected chi connectivity index (χ0v) is 12.3. The summed E-state index contributed by atoms with van der Waals surface area (Å²) in [5.41, 5.74) is 0.348. The number of hydrogen-bond donors (Lipinski definition) is 3. The number of carboxylic acid groups (broad SMARTS) is 1. The molecule has 1 aromatic rings. The van der Waals surface area contributed by atoms with Crippen LogP contribution in [0.15, 0.2) is 28.4 Å². The van der Waals surface area contributed by atoms with Crippen LogP contribution in [0.1, 0.15) is 12.0 Å². The van der Waals surface area contributed by atoms with E-state index < -0.39 is 11.2 Å². The highest BCUT2D eigenvalue weighted by molar-refractivity contribution is 8.15. The van der Waals surface area contributed by atoms with Crippen LogP contribution in [0.2, 0.25) is 0 Å². The Balaban J connectivity index is 2.11. The Morgan fingerprint density at radius 2 is 2.18 bits per heavy atom. The second-order valence-corrected chi connectivity index (χ2v) is 5.64. The van der Waals surface area contributed by atoms with E-state index in [0.29, 0.717) is 5.56 Å². The molecule has 9 heteroatoms. The summed E-state index contributed by atoms with van der Waals surface area (Å²) in [5, 5.41) is 34.7. The number of carbonyl (C=O) groups excluding carboxylic acids is 1. The van der Waals surface area contributed by atoms with Gasteiger partial charge in [0.25, 0.3) is 0 Å². The van der Waals surface area contributed by atoms with E-state index in [1.54, 1.807) is 0 Å².